The minimum atomic E-state index is -0.0444. The summed E-state index contributed by atoms with van der Waals surface area (Å²) in [5.74, 6) is 0.587. The second kappa shape index (κ2) is 6.86. The van der Waals surface area contributed by atoms with E-state index in [9.17, 15) is 4.79 Å². The SMILES string of the molecule is CC(C)C(=O)OCC1CCCCCCC1. The van der Waals surface area contributed by atoms with Gasteiger partial charge in [-0.3, -0.25) is 4.79 Å². The van der Waals surface area contributed by atoms with Gasteiger partial charge in [-0.2, -0.15) is 0 Å². The van der Waals surface area contributed by atoms with Gasteiger partial charge in [-0.1, -0.05) is 46.0 Å². The Balaban J connectivity index is 2.20. The molecule has 0 N–H and O–H groups in total. The van der Waals surface area contributed by atoms with E-state index in [-0.39, 0.29) is 11.9 Å². The lowest BCUT2D eigenvalue weighted by Gasteiger charge is -2.19. The van der Waals surface area contributed by atoms with Crippen molar-refractivity contribution in [3.63, 3.8) is 0 Å². The minimum absolute atomic E-state index is 0.0126. The molecule has 0 aromatic heterocycles. The standard InChI is InChI=1S/C13H24O2/c1-11(2)13(14)15-10-12-8-6-4-3-5-7-9-12/h11-12H,3-10H2,1-2H3. The zero-order valence-corrected chi connectivity index (χ0v) is 10.1. The molecular formula is C13H24O2. The molecule has 15 heavy (non-hydrogen) atoms. The van der Waals surface area contributed by atoms with Crippen molar-refractivity contribution in [1.82, 2.24) is 0 Å². The van der Waals surface area contributed by atoms with Crippen molar-refractivity contribution < 1.29 is 9.53 Å². The molecule has 1 aliphatic carbocycles. The zero-order chi connectivity index (χ0) is 11.1. The van der Waals surface area contributed by atoms with Crippen molar-refractivity contribution in [2.45, 2.75) is 58.8 Å². The fourth-order valence-corrected chi connectivity index (χ4v) is 2.07. The summed E-state index contributed by atoms with van der Waals surface area (Å²) in [6.07, 6.45) is 9.20. The van der Waals surface area contributed by atoms with Crippen molar-refractivity contribution in [1.29, 1.82) is 0 Å². The summed E-state index contributed by atoms with van der Waals surface area (Å²) in [6, 6.07) is 0. The highest BCUT2D eigenvalue weighted by Crippen LogP contribution is 2.22. The molecule has 1 aliphatic rings. The topological polar surface area (TPSA) is 26.3 Å². The van der Waals surface area contributed by atoms with Gasteiger partial charge in [-0.25, -0.2) is 0 Å². The lowest BCUT2D eigenvalue weighted by Crippen LogP contribution is -2.18. The van der Waals surface area contributed by atoms with Crippen LogP contribution in [0.15, 0.2) is 0 Å². The van der Waals surface area contributed by atoms with Crippen LogP contribution in [0, 0.1) is 11.8 Å². The normalized spacial score (nSPS) is 19.7. The number of rotatable bonds is 3. The third-order valence-electron chi connectivity index (χ3n) is 3.16. The molecule has 0 aliphatic heterocycles. The molecule has 0 bridgehead atoms. The molecule has 1 saturated carbocycles. The van der Waals surface area contributed by atoms with E-state index >= 15 is 0 Å². The van der Waals surface area contributed by atoms with Crippen molar-refractivity contribution in [2.24, 2.45) is 11.8 Å². The van der Waals surface area contributed by atoms with Gasteiger partial charge in [0.05, 0.1) is 12.5 Å². The summed E-state index contributed by atoms with van der Waals surface area (Å²) in [5.41, 5.74) is 0. The first-order valence-electron chi connectivity index (χ1n) is 6.37. The zero-order valence-electron chi connectivity index (χ0n) is 10.1. The van der Waals surface area contributed by atoms with Crippen LogP contribution in [0.1, 0.15) is 58.8 Å². The molecule has 1 rings (SSSR count). The van der Waals surface area contributed by atoms with Gasteiger partial charge < -0.3 is 4.74 Å². The summed E-state index contributed by atoms with van der Waals surface area (Å²) < 4.78 is 5.30. The van der Waals surface area contributed by atoms with E-state index in [0.717, 1.165) is 0 Å². The Morgan fingerprint density at radius 2 is 1.67 bits per heavy atom. The summed E-state index contributed by atoms with van der Waals surface area (Å²) >= 11 is 0. The molecular weight excluding hydrogens is 188 g/mol. The van der Waals surface area contributed by atoms with E-state index < -0.39 is 0 Å². The Labute approximate surface area is 93.4 Å². The van der Waals surface area contributed by atoms with E-state index in [2.05, 4.69) is 0 Å². The van der Waals surface area contributed by atoms with Gasteiger partial charge in [0.25, 0.3) is 0 Å². The van der Waals surface area contributed by atoms with Crippen LogP contribution in [0.2, 0.25) is 0 Å². The first kappa shape index (κ1) is 12.5. The van der Waals surface area contributed by atoms with Crippen LogP contribution in [-0.2, 0) is 9.53 Å². The van der Waals surface area contributed by atoms with Gasteiger partial charge in [0.15, 0.2) is 0 Å². The van der Waals surface area contributed by atoms with E-state index in [0.29, 0.717) is 12.5 Å². The van der Waals surface area contributed by atoms with Crippen LogP contribution in [-0.4, -0.2) is 12.6 Å². The van der Waals surface area contributed by atoms with E-state index in [1.165, 1.54) is 44.9 Å². The molecule has 0 aromatic rings. The van der Waals surface area contributed by atoms with Gasteiger partial charge in [0.2, 0.25) is 0 Å². The number of hydrogen-bond acceptors (Lipinski definition) is 2. The highest BCUT2D eigenvalue weighted by molar-refractivity contribution is 5.71. The summed E-state index contributed by atoms with van der Waals surface area (Å²) in [5, 5.41) is 0. The predicted octanol–water partition coefficient (Wildman–Crippen LogP) is 3.55. The van der Waals surface area contributed by atoms with Gasteiger partial charge >= 0.3 is 5.97 Å². The Morgan fingerprint density at radius 3 is 2.20 bits per heavy atom. The lowest BCUT2D eigenvalue weighted by molar-refractivity contribution is -0.148. The quantitative estimate of drug-likeness (QED) is 0.669. The van der Waals surface area contributed by atoms with Gasteiger partial charge in [-0.05, 0) is 18.8 Å². The maximum absolute atomic E-state index is 11.3. The maximum Gasteiger partial charge on any atom is 0.308 e. The van der Waals surface area contributed by atoms with E-state index in [1.54, 1.807) is 0 Å². The average Bonchev–Trinajstić information content (AvgIpc) is 2.15. The summed E-state index contributed by atoms with van der Waals surface area (Å²) in [4.78, 5) is 11.3. The van der Waals surface area contributed by atoms with Crippen molar-refractivity contribution in [2.75, 3.05) is 6.61 Å². The van der Waals surface area contributed by atoms with Crippen molar-refractivity contribution in [3.05, 3.63) is 0 Å². The number of carbonyl (C=O) groups is 1. The second-order valence-corrected chi connectivity index (χ2v) is 5.00. The van der Waals surface area contributed by atoms with Crippen LogP contribution in [0.3, 0.4) is 0 Å². The molecule has 0 saturated heterocycles. The largest absolute Gasteiger partial charge is 0.465 e. The van der Waals surface area contributed by atoms with Gasteiger partial charge in [0, 0.05) is 0 Å². The molecule has 2 nitrogen and oxygen atoms in total. The lowest BCUT2D eigenvalue weighted by atomic mass is 9.92. The fraction of sp³-hybridized carbons (Fsp3) is 0.923. The smallest absolute Gasteiger partial charge is 0.308 e. The summed E-state index contributed by atoms with van der Waals surface area (Å²) in [6.45, 7) is 4.43. The van der Waals surface area contributed by atoms with Crippen LogP contribution >= 0.6 is 0 Å². The third-order valence-corrected chi connectivity index (χ3v) is 3.16. The number of ether oxygens (including phenoxy) is 1. The average molecular weight is 212 g/mol. The van der Waals surface area contributed by atoms with E-state index in [1.807, 2.05) is 13.8 Å². The molecule has 0 amide bonds. The molecule has 0 radical (unpaired) electrons. The number of hydrogen-bond donors (Lipinski definition) is 0. The number of esters is 1. The molecule has 0 unspecified atom stereocenters. The van der Waals surface area contributed by atoms with Crippen molar-refractivity contribution >= 4 is 5.97 Å². The van der Waals surface area contributed by atoms with Crippen LogP contribution < -0.4 is 0 Å². The van der Waals surface area contributed by atoms with Crippen LogP contribution in [0.4, 0.5) is 0 Å². The molecule has 2 heteroatoms. The highest BCUT2D eigenvalue weighted by Gasteiger charge is 2.15. The molecule has 88 valence electrons. The molecule has 0 atom stereocenters. The summed E-state index contributed by atoms with van der Waals surface area (Å²) in [7, 11) is 0. The highest BCUT2D eigenvalue weighted by atomic mass is 16.5. The Bertz CT molecular complexity index is 179. The molecule has 0 spiro atoms. The Kier molecular flexibility index (Phi) is 5.74. The molecule has 1 fully saturated rings. The maximum atomic E-state index is 11.3. The van der Waals surface area contributed by atoms with Gasteiger partial charge in [0.1, 0.15) is 0 Å². The first-order valence-corrected chi connectivity index (χ1v) is 6.37. The van der Waals surface area contributed by atoms with Crippen LogP contribution in [0.25, 0.3) is 0 Å². The minimum Gasteiger partial charge on any atom is -0.465 e. The van der Waals surface area contributed by atoms with E-state index in [4.69, 9.17) is 4.74 Å². The molecule has 0 aromatic carbocycles. The third kappa shape index (κ3) is 5.19. The Morgan fingerprint density at radius 1 is 1.13 bits per heavy atom. The second-order valence-electron chi connectivity index (χ2n) is 5.00. The van der Waals surface area contributed by atoms with Gasteiger partial charge in [-0.15, -0.1) is 0 Å². The Hall–Kier alpha value is -0.530. The van der Waals surface area contributed by atoms with Crippen LogP contribution in [0.5, 0.6) is 0 Å². The monoisotopic (exact) mass is 212 g/mol. The van der Waals surface area contributed by atoms with Crippen molar-refractivity contribution in [3.8, 4) is 0 Å². The predicted molar refractivity (Wildman–Crippen MR) is 61.6 cm³/mol. The number of carbonyl (C=O) groups excluding carboxylic acids is 1. The fourth-order valence-electron chi connectivity index (χ4n) is 2.07. The first-order chi connectivity index (χ1) is 7.20. The molecule has 0 heterocycles.